The van der Waals surface area contributed by atoms with Crippen molar-refractivity contribution in [1.29, 1.82) is 0 Å². The number of amides is 2. The lowest BCUT2D eigenvalue weighted by Crippen LogP contribution is -2.36. The molecule has 1 aromatic carbocycles. The fraction of sp³-hybridized carbons (Fsp3) is 0.474. The molecule has 1 aliphatic rings. The van der Waals surface area contributed by atoms with Crippen LogP contribution in [-0.2, 0) is 9.59 Å². The fourth-order valence-corrected chi connectivity index (χ4v) is 2.82. The molecule has 0 unspecified atom stereocenters. The number of carbonyl (C=O) groups is 2. The van der Waals surface area contributed by atoms with Crippen molar-refractivity contribution in [1.82, 2.24) is 10.6 Å². The Hall–Kier alpha value is -2.10. The highest BCUT2D eigenvalue weighted by Crippen LogP contribution is 2.17. The van der Waals surface area contributed by atoms with Crippen LogP contribution >= 0.6 is 0 Å². The molecule has 4 heteroatoms. The number of hydrogen-bond donors (Lipinski definition) is 2. The van der Waals surface area contributed by atoms with Gasteiger partial charge in [-0.05, 0) is 24.5 Å². The van der Waals surface area contributed by atoms with E-state index in [-0.39, 0.29) is 11.8 Å². The molecule has 1 aliphatic carbocycles. The van der Waals surface area contributed by atoms with Gasteiger partial charge < -0.3 is 10.6 Å². The molecule has 124 valence electrons. The standard InChI is InChI=1S/C19H26N2O2/c22-18(13-12-16-8-4-3-5-9-16)20-15-14-19(23)21-17-10-6-1-2-7-11-17/h3-5,8-9,12-13,17H,1-2,6-7,10-11,14-15H2,(H,20,22)(H,21,23)/b13-12+. The summed E-state index contributed by atoms with van der Waals surface area (Å²) in [5.41, 5.74) is 0.980. The van der Waals surface area contributed by atoms with E-state index in [0.29, 0.717) is 19.0 Å². The van der Waals surface area contributed by atoms with Crippen LogP contribution in [-0.4, -0.2) is 24.4 Å². The third-order valence-corrected chi connectivity index (χ3v) is 4.10. The Bertz CT molecular complexity index is 517. The second-order valence-electron chi connectivity index (χ2n) is 6.04. The summed E-state index contributed by atoms with van der Waals surface area (Å²) in [6.07, 6.45) is 10.7. The highest BCUT2D eigenvalue weighted by Gasteiger charge is 2.14. The van der Waals surface area contributed by atoms with Crippen molar-refractivity contribution >= 4 is 17.9 Å². The van der Waals surface area contributed by atoms with E-state index in [2.05, 4.69) is 10.6 Å². The Morgan fingerprint density at radius 2 is 1.74 bits per heavy atom. The zero-order valence-electron chi connectivity index (χ0n) is 13.6. The van der Waals surface area contributed by atoms with E-state index >= 15 is 0 Å². The highest BCUT2D eigenvalue weighted by atomic mass is 16.2. The Morgan fingerprint density at radius 3 is 2.43 bits per heavy atom. The molecule has 0 saturated heterocycles. The molecule has 0 spiro atoms. The molecule has 1 aromatic rings. The highest BCUT2D eigenvalue weighted by molar-refractivity contribution is 5.92. The molecule has 0 heterocycles. The molecule has 2 N–H and O–H groups in total. The summed E-state index contributed by atoms with van der Waals surface area (Å²) in [4.78, 5) is 23.6. The van der Waals surface area contributed by atoms with Crippen LogP contribution in [0.4, 0.5) is 0 Å². The van der Waals surface area contributed by atoms with Gasteiger partial charge in [-0.25, -0.2) is 0 Å². The lowest BCUT2D eigenvalue weighted by Gasteiger charge is -2.16. The first kappa shape index (κ1) is 17.3. The van der Waals surface area contributed by atoms with Gasteiger partial charge >= 0.3 is 0 Å². The third-order valence-electron chi connectivity index (χ3n) is 4.10. The molecule has 0 atom stereocenters. The number of rotatable bonds is 6. The van der Waals surface area contributed by atoms with Crippen LogP contribution in [0.25, 0.3) is 6.08 Å². The van der Waals surface area contributed by atoms with E-state index in [9.17, 15) is 9.59 Å². The molecule has 0 radical (unpaired) electrons. The van der Waals surface area contributed by atoms with Crippen LogP contribution in [0.3, 0.4) is 0 Å². The average molecular weight is 314 g/mol. The topological polar surface area (TPSA) is 58.2 Å². The summed E-state index contributed by atoms with van der Waals surface area (Å²) < 4.78 is 0. The van der Waals surface area contributed by atoms with Gasteiger partial charge in [-0.1, -0.05) is 56.0 Å². The smallest absolute Gasteiger partial charge is 0.244 e. The number of carbonyl (C=O) groups excluding carboxylic acids is 2. The molecule has 4 nitrogen and oxygen atoms in total. The van der Waals surface area contributed by atoms with Crippen LogP contribution in [0.5, 0.6) is 0 Å². The van der Waals surface area contributed by atoms with E-state index in [1.54, 1.807) is 6.08 Å². The monoisotopic (exact) mass is 314 g/mol. The van der Waals surface area contributed by atoms with Crippen molar-refractivity contribution in [2.45, 2.75) is 51.0 Å². The van der Waals surface area contributed by atoms with Crippen molar-refractivity contribution in [2.24, 2.45) is 0 Å². The van der Waals surface area contributed by atoms with Gasteiger partial charge in [0.2, 0.25) is 11.8 Å². The molecule has 0 bridgehead atoms. The van der Waals surface area contributed by atoms with Gasteiger partial charge in [0.15, 0.2) is 0 Å². The normalized spacial score (nSPS) is 16.0. The van der Waals surface area contributed by atoms with Gasteiger partial charge in [0, 0.05) is 25.1 Å². The minimum absolute atomic E-state index is 0.0317. The molecule has 0 aliphatic heterocycles. The van der Waals surface area contributed by atoms with Crippen LogP contribution in [0.15, 0.2) is 36.4 Å². The quantitative estimate of drug-likeness (QED) is 0.626. The minimum Gasteiger partial charge on any atom is -0.353 e. The summed E-state index contributed by atoms with van der Waals surface area (Å²) in [5.74, 6) is -0.139. The van der Waals surface area contributed by atoms with Crippen molar-refractivity contribution in [3.05, 3.63) is 42.0 Å². The maximum absolute atomic E-state index is 11.9. The van der Waals surface area contributed by atoms with E-state index in [0.717, 1.165) is 18.4 Å². The van der Waals surface area contributed by atoms with Crippen molar-refractivity contribution < 1.29 is 9.59 Å². The van der Waals surface area contributed by atoms with E-state index in [1.165, 1.54) is 31.8 Å². The Morgan fingerprint density at radius 1 is 1.04 bits per heavy atom. The van der Waals surface area contributed by atoms with Crippen LogP contribution in [0.1, 0.15) is 50.5 Å². The fourth-order valence-electron chi connectivity index (χ4n) is 2.82. The lowest BCUT2D eigenvalue weighted by atomic mass is 10.1. The van der Waals surface area contributed by atoms with Gasteiger partial charge in [-0.2, -0.15) is 0 Å². The van der Waals surface area contributed by atoms with E-state index in [4.69, 9.17) is 0 Å². The summed E-state index contributed by atoms with van der Waals surface area (Å²) in [6.45, 7) is 0.372. The molecule has 2 rings (SSSR count). The first-order valence-corrected chi connectivity index (χ1v) is 8.54. The second-order valence-corrected chi connectivity index (χ2v) is 6.04. The largest absolute Gasteiger partial charge is 0.353 e. The van der Waals surface area contributed by atoms with E-state index < -0.39 is 0 Å². The molecule has 0 aromatic heterocycles. The van der Waals surface area contributed by atoms with Gasteiger partial charge in [0.25, 0.3) is 0 Å². The first-order chi connectivity index (χ1) is 11.2. The second kappa shape index (κ2) is 9.82. The van der Waals surface area contributed by atoms with Crippen molar-refractivity contribution in [3.63, 3.8) is 0 Å². The van der Waals surface area contributed by atoms with Crippen molar-refractivity contribution in [3.8, 4) is 0 Å². The summed E-state index contributed by atoms with van der Waals surface area (Å²) in [7, 11) is 0. The molecular formula is C19H26N2O2. The molecular weight excluding hydrogens is 288 g/mol. The Kier molecular flexibility index (Phi) is 7.37. The van der Waals surface area contributed by atoms with Crippen LogP contribution < -0.4 is 10.6 Å². The molecule has 2 amide bonds. The maximum Gasteiger partial charge on any atom is 0.244 e. The Labute approximate surface area is 138 Å². The SMILES string of the molecule is O=C(/C=C/c1ccccc1)NCCC(=O)NC1CCCCCC1. The van der Waals surface area contributed by atoms with Crippen LogP contribution in [0, 0.1) is 0 Å². The minimum atomic E-state index is -0.170. The summed E-state index contributed by atoms with van der Waals surface area (Å²) in [5, 5.41) is 5.83. The van der Waals surface area contributed by atoms with E-state index in [1.807, 2.05) is 30.3 Å². The van der Waals surface area contributed by atoms with Crippen molar-refractivity contribution in [2.75, 3.05) is 6.54 Å². The lowest BCUT2D eigenvalue weighted by molar-refractivity contribution is -0.122. The number of benzene rings is 1. The number of nitrogens with one attached hydrogen (secondary N) is 2. The maximum atomic E-state index is 11.9. The zero-order chi connectivity index (χ0) is 16.3. The predicted molar refractivity (Wildman–Crippen MR) is 92.7 cm³/mol. The predicted octanol–water partition coefficient (Wildman–Crippen LogP) is 3.05. The zero-order valence-corrected chi connectivity index (χ0v) is 13.6. The first-order valence-electron chi connectivity index (χ1n) is 8.54. The Balaban J connectivity index is 1.62. The average Bonchev–Trinajstić information content (AvgIpc) is 2.82. The molecule has 1 fully saturated rings. The summed E-state index contributed by atoms with van der Waals surface area (Å²) >= 11 is 0. The third kappa shape index (κ3) is 7.13. The molecule has 23 heavy (non-hydrogen) atoms. The number of hydrogen-bond acceptors (Lipinski definition) is 2. The van der Waals surface area contributed by atoms with Gasteiger partial charge in [-0.15, -0.1) is 0 Å². The summed E-state index contributed by atoms with van der Waals surface area (Å²) in [6, 6.07) is 9.97. The molecule has 1 saturated carbocycles. The van der Waals surface area contributed by atoms with Gasteiger partial charge in [-0.3, -0.25) is 9.59 Å². The van der Waals surface area contributed by atoms with Gasteiger partial charge in [0.05, 0.1) is 0 Å². The van der Waals surface area contributed by atoms with Crippen LogP contribution in [0.2, 0.25) is 0 Å². The van der Waals surface area contributed by atoms with Gasteiger partial charge in [0.1, 0.15) is 0 Å².